The topological polar surface area (TPSA) is 66.4 Å². The lowest BCUT2D eigenvalue weighted by Gasteiger charge is -2.25. The third-order valence-corrected chi connectivity index (χ3v) is 3.91. The molecule has 4 nitrogen and oxygen atoms in total. The zero-order chi connectivity index (χ0) is 15.2. The number of hydrogen-bond donors (Lipinski definition) is 2. The number of carbonyl (C=O) groups excluding carboxylic acids is 1. The highest BCUT2D eigenvalue weighted by Crippen LogP contribution is 2.29. The Bertz CT molecular complexity index is 547. The van der Waals surface area contributed by atoms with Gasteiger partial charge in [0, 0.05) is 12.5 Å². The van der Waals surface area contributed by atoms with Gasteiger partial charge in [0.05, 0.1) is 6.04 Å². The molecule has 112 valence electrons. The van der Waals surface area contributed by atoms with E-state index in [1.165, 1.54) is 6.42 Å². The predicted octanol–water partition coefficient (Wildman–Crippen LogP) is 3.15. The lowest BCUT2D eigenvalue weighted by Crippen LogP contribution is -2.30. The summed E-state index contributed by atoms with van der Waals surface area (Å²) in [6.07, 6.45) is 6.84. The quantitative estimate of drug-likeness (QED) is 0.790. The molecule has 2 rings (SSSR count). The van der Waals surface area contributed by atoms with Crippen LogP contribution in [0.1, 0.15) is 49.8 Å². The van der Waals surface area contributed by atoms with Gasteiger partial charge in [0.2, 0.25) is 5.91 Å². The Morgan fingerprint density at radius 1 is 1.43 bits per heavy atom. The van der Waals surface area contributed by atoms with Crippen molar-refractivity contribution in [3.63, 3.8) is 0 Å². The van der Waals surface area contributed by atoms with Gasteiger partial charge in [0.25, 0.3) is 0 Å². The molecular weight excluding hydrogens is 266 g/mol. The fraction of sp³-hybridized carbons (Fsp3) is 0.412. The second kappa shape index (κ2) is 7.07. The van der Waals surface area contributed by atoms with Crippen LogP contribution in [0.2, 0.25) is 0 Å². The van der Waals surface area contributed by atoms with E-state index in [2.05, 4.69) is 5.32 Å². The number of benzene rings is 1. The molecule has 1 aliphatic carbocycles. The number of rotatable bonds is 6. The van der Waals surface area contributed by atoms with E-state index in [1.807, 2.05) is 31.2 Å². The average molecular weight is 287 g/mol. The van der Waals surface area contributed by atoms with E-state index in [-0.39, 0.29) is 11.9 Å². The van der Waals surface area contributed by atoms with Crippen LogP contribution in [-0.2, 0) is 9.59 Å². The summed E-state index contributed by atoms with van der Waals surface area (Å²) in [6, 6.07) is 7.47. The van der Waals surface area contributed by atoms with Crippen LogP contribution in [0.15, 0.2) is 30.3 Å². The van der Waals surface area contributed by atoms with Crippen LogP contribution in [0, 0.1) is 5.92 Å². The molecule has 0 aliphatic heterocycles. The second-order valence-corrected chi connectivity index (χ2v) is 5.63. The molecule has 1 aromatic rings. The second-order valence-electron chi connectivity index (χ2n) is 5.63. The van der Waals surface area contributed by atoms with Gasteiger partial charge < -0.3 is 10.4 Å². The Morgan fingerprint density at radius 3 is 2.81 bits per heavy atom. The van der Waals surface area contributed by atoms with Gasteiger partial charge in [-0.15, -0.1) is 0 Å². The van der Waals surface area contributed by atoms with Gasteiger partial charge in [-0.05, 0) is 49.0 Å². The minimum absolute atomic E-state index is 0.0734. The third-order valence-electron chi connectivity index (χ3n) is 3.91. The molecule has 21 heavy (non-hydrogen) atoms. The van der Waals surface area contributed by atoms with E-state index in [9.17, 15) is 9.59 Å². The maximum atomic E-state index is 11.9. The summed E-state index contributed by atoms with van der Waals surface area (Å²) in [4.78, 5) is 22.5. The molecule has 0 bridgehead atoms. The monoisotopic (exact) mass is 287 g/mol. The lowest BCUT2D eigenvalue weighted by atomic mass is 9.83. The van der Waals surface area contributed by atoms with Gasteiger partial charge in [-0.2, -0.15) is 0 Å². The van der Waals surface area contributed by atoms with Crippen LogP contribution in [0.5, 0.6) is 0 Å². The molecule has 1 amide bonds. The minimum atomic E-state index is -0.970. The van der Waals surface area contributed by atoms with Crippen molar-refractivity contribution < 1.29 is 14.7 Å². The summed E-state index contributed by atoms with van der Waals surface area (Å²) in [5.41, 5.74) is 1.79. The van der Waals surface area contributed by atoms with Crippen molar-refractivity contribution in [1.82, 2.24) is 5.32 Å². The Kier molecular flexibility index (Phi) is 5.14. The smallest absolute Gasteiger partial charge is 0.328 e. The number of aliphatic carboxylic acids is 1. The molecule has 0 spiro atoms. The standard InChI is InChI=1S/C17H21NO3/c1-12(18-16(19)11-13-4-2-5-13)15-7-3-6-14(10-15)8-9-17(20)21/h3,6-10,12-13H,2,4-5,11H2,1H3,(H,18,19)(H,20,21)/b9-8+. The van der Waals surface area contributed by atoms with Crippen molar-refractivity contribution >= 4 is 18.0 Å². The maximum Gasteiger partial charge on any atom is 0.328 e. The first-order valence-corrected chi connectivity index (χ1v) is 7.35. The van der Waals surface area contributed by atoms with Crippen LogP contribution < -0.4 is 5.32 Å². The predicted molar refractivity (Wildman–Crippen MR) is 81.6 cm³/mol. The minimum Gasteiger partial charge on any atom is -0.478 e. The summed E-state index contributed by atoms with van der Waals surface area (Å²) in [5, 5.41) is 11.6. The zero-order valence-electron chi connectivity index (χ0n) is 12.2. The number of carboxylic acid groups (broad SMARTS) is 1. The molecule has 4 heteroatoms. The molecule has 0 saturated heterocycles. The van der Waals surface area contributed by atoms with Crippen LogP contribution in [-0.4, -0.2) is 17.0 Å². The fourth-order valence-electron chi connectivity index (χ4n) is 2.44. The summed E-state index contributed by atoms with van der Waals surface area (Å²) >= 11 is 0. The summed E-state index contributed by atoms with van der Waals surface area (Å²) < 4.78 is 0. The van der Waals surface area contributed by atoms with Gasteiger partial charge in [0.1, 0.15) is 0 Å². The first kappa shape index (κ1) is 15.3. The van der Waals surface area contributed by atoms with Crippen LogP contribution >= 0.6 is 0 Å². The van der Waals surface area contributed by atoms with Gasteiger partial charge in [-0.25, -0.2) is 4.79 Å². The molecule has 1 unspecified atom stereocenters. The van der Waals surface area contributed by atoms with Gasteiger partial charge in [-0.3, -0.25) is 4.79 Å². The van der Waals surface area contributed by atoms with Gasteiger partial charge >= 0.3 is 5.97 Å². The summed E-state index contributed by atoms with van der Waals surface area (Å²) in [5.74, 6) is -0.317. The van der Waals surface area contributed by atoms with Crippen molar-refractivity contribution in [2.45, 2.75) is 38.6 Å². The number of nitrogens with one attached hydrogen (secondary N) is 1. The molecule has 1 aliphatic rings. The molecule has 0 aromatic heterocycles. The van der Waals surface area contributed by atoms with Crippen molar-refractivity contribution in [1.29, 1.82) is 0 Å². The number of carboxylic acids is 1. The lowest BCUT2D eigenvalue weighted by molar-refractivity contribution is -0.131. The van der Waals surface area contributed by atoms with E-state index in [0.29, 0.717) is 12.3 Å². The largest absolute Gasteiger partial charge is 0.478 e. The van der Waals surface area contributed by atoms with E-state index < -0.39 is 5.97 Å². The average Bonchev–Trinajstić information content (AvgIpc) is 2.41. The SMILES string of the molecule is CC(NC(=O)CC1CCC1)c1cccc(/C=C/C(=O)O)c1. The van der Waals surface area contributed by atoms with Crippen molar-refractivity contribution in [3.05, 3.63) is 41.5 Å². The van der Waals surface area contributed by atoms with E-state index in [1.54, 1.807) is 6.08 Å². The summed E-state index contributed by atoms with van der Waals surface area (Å²) in [6.45, 7) is 1.94. The fourth-order valence-corrected chi connectivity index (χ4v) is 2.44. The summed E-state index contributed by atoms with van der Waals surface area (Å²) in [7, 11) is 0. The van der Waals surface area contributed by atoms with E-state index in [0.717, 1.165) is 30.0 Å². The van der Waals surface area contributed by atoms with E-state index in [4.69, 9.17) is 5.11 Å². The van der Waals surface area contributed by atoms with Crippen molar-refractivity contribution in [2.75, 3.05) is 0 Å². The molecule has 2 N–H and O–H groups in total. The van der Waals surface area contributed by atoms with Crippen LogP contribution in [0.3, 0.4) is 0 Å². The maximum absolute atomic E-state index is 11.9. The molecular formula is C17H21NO3. The number of carbonyl (C=O) groups is 2. The van der Waals surface area contributed by atoms with Crippen LogP contribution in [0.25, 0.3) is 6.08 Å². The van der Waals surface area contributed by atoms with Gasteiger partial charge in [-0.1, -0.05) is 24.6 Å². The Balaban J connectivity index is 1.94. The molecule has 0 heterocycles. The molecule has 1 aromatic carbocycles. The first-order valence-electron chi connectivity index (χ1n) is 7.35. The van der Waals surface area contributed by atoms with Crippen molar-refractivity contribution in [3.8, 4) is 0 Å². The zero-order valence-corrected chi connectivity index (χ0v) is 12.2. The first-order chi connectivity index (χ1) is 10.0. The normalized spacial score (nSPS) is 16.4. The highest BCUT2D eigenvalue weighted by Gasteiger charge is 2.21. The van der Waals surface area contributed by atoms with Crippen LogP contribution in [0.4, 0.5) is 0 Å². The Labute approximate surface area is 124 Å². The molecule has 1 saturated carbocycles. The molecule has 1 atom stereocenters. The van der Waals surface area contributed by atoms with Crippen molar-refractivity contribution in [2.24, 2.45) is 5.92 Å². The van der Waals surface area contributed by atoms with Gasteiger partial charge in [0.15, 0.2) is 0 Å². The number of amides is 1. The highest BCUT2D eigenvalue weighted by atomic mass is 16.4. The van der Waals surface area contributed by atoms with E-state index >= 15 is 0 Å². The Hall–Kier alpha value is -2.10. The molecule has 1 fully saturated rings. The molecule has 0 radical (unpaired) electrons. The number of hydrogen-bond acceptors (Lipinski definition) is 2. The highest BCUT2D eigenvalue weighted by molar-refractivity contribution is 5.85. The Morgan fingerprint density at radius 2 is 2.19 bits per heavy atom. The third kappa shape index (κ3) is 4.74.